The molecule has 2 aromatic carbocycles. The van der Waals surface area contributed by atoms with Crippen molar-refractivity contribution in [1.29, 1.82) is 0 Å². The molecule has 0 unspecified atom stereocenters. The van der Waals surface area contributed by atoms with Crippen molar-refractivity contribution in [2.24, 2.45) is 0 Å². The number of aromatic nitrogens is 1. The smallest absolute Gasteiger partial charge is 0.180 e. The topological polar surface area (TPSA) is 48.1 Å². The van der Waals surface area contributed by atoms with E-state index >= 15 is 0 Å². The fourth-order valence-electron chi connectivity index (χ4n) is 2.43. The van der Waals surface area contributed by atoms with Gasteiger partial charge in [0.25, 0.3) is 0 Å². The summed E-state index contributed by atoms with van der Waals surface area (Å²) in [5.74, 6) is 0.832. The molecule has 0 atom stereocenters. The van der Waals surface area contributed by atoms with Crippen LogP contribution in [0, 0.1) is 0 Å². The average molecular weight is 338 g/mol. The Balaban J connectivity index is 1.69. The van der Waals surface area contributed by atoms with Crippen molar-refractivity contribution in [3.8, 4) is 17.0 Å². The maximum Gasteiger partial charge on any atom is 0.180 e. The zero-order valence-corrected chi connectivity index (χ0v) is 15.1. The second kappa shape index (κ2) is 6.65. The zero-order chi connectivity index (χ0) is 17.2. The molecule has 24 heavy (non-hydrogen) atoms. The predicted octanol–water partition coefficient (Wildman–Crippen LogP) is 5.27. The zero-order valence-electron chi connectivity index (χ0n) is 14.2. The van der Waals surface area contributed by atoms with Gasteiger partial charge in [-0.05, 0) is 28.7 Å². The van der Waals surface area contributed by atoms with Gasteiger partial charge in [-0.1, -0.05) is 57.2 Å². The lowest BCUT2D eigenvalue weighted by atomic mass is 9.87. The third-order valence-electron chi connectivity index (χ3n) is 3.88. The summed E-state index contributed by atoms with van der Waals surface area (Å²) in [5.41, 5.74) is 10.3. The van der Waals surface area contributed by atoms with E-state index in [1.807, 2.05) is 29.6 Å². The van der Waals surface area contributed by atoms with Crippen LogP contribution in [-0.2, 0) is 12.0 Å². The van der Waals surface area contributed by atoms with Crippen LogP contribution in [0.4, 0.5) is 5.13 Å². The first-order valence-corrected chi connectivity index (χ1v) is 8.83. The Labute approximate surface area is 147 Å². The molecule has 0 bridgehead atoms. The molecule has 2 N–H and O–H groups in total. The summed E-state index contributed by atoms with van der Waals surface area (Å²) in [6, 6.07) is 16.6. The summed E-state index contributed by atoms with van der Waals surface area (Å²) >= 11 is 1.44. The average Bonchev–Trinajstić information content (AvgIpc) is 2.99. The number of hydrogen-bond acceptors (Lipinski definition) is 4. The molecule has 0 aliphatic rings. The maximum atomic E-state index is 5.93. The van der Waals surface area contributed by atoms with Crippen LogP contribution in [-0.4, -0.2) is 4.98 Å². The van der Waals surface area contributed by atoms with E-state index < -0.39 is 0 Å². The fraction of sp³-hybridized carbons (Fsp3) is 0.250. The van der Waals surface area contributed by atoms with E-state index in [4.69, 9.17) is 10.5 Å². The van der Waals surface area contributed by atoms with Crippen LogP contribution in [0.3, 0.4) is 0 Å². The van der Waals surface area contributed by atoms with Crippen LogP contribution in [0.25, 0.3) is 11.3 Å². The molecule has 0 aliphatic carbocycles. The molecule has 0 radical (unpaired) electrons. The van der Waals surface area contributed by atoms with E-state index in [9.17, 15) is 0 Å². The molecule has 0 spiro atoms. The standard InChI is InChI=1S/C20H22N2OS/c1-20(2,3)16-9-7-14(8-10-16)12-23-17-6-4-5-15(11-17)18-13-24-19(21)22-18/h4-11,13H,12H2,1-3H3,(H2,21,22). The first-order valence-electron chi connectivity index (χ1n) is 7.95. The predicted molar refractivity (Wildman–Crippen MR) is 101 cm³/mol. The van der Waals surface area contributed by atoms with E-state index in [1.165, 1.54) is 16.9 Å². The Bertz CT molecular complexity index is 816. The Kier molecular flexibility index (Phi) is 4.58. The van der Waals surface area contributed by atoms with Gasteiger partial charge in [-0.2, -0.15) is 0 Å². The largest absolute Gasteiger partial charge is 0.489 e. The van der Waals surface area contributed by atoms with E-state index in [0.29, 0.717) is 11.7 Å². The molecule has 0 saturated carbocycles. The maximum absolute atomic E-state index is 5.93. The van der Waals surface area contributed by atoms with Crippen molar-refractivity contribution >= 4 is 16.5 Å². The number of nitrogen functional groups attached to an aromatic ring is 1. The normalized spacial score (nSPS) is 11.5. The van der Waals surface area contributed by atoms with Crippen molar-refractivity contribution in [3.05, 3.63) is 65.0 Å². The van der Waals surface area contributed by atoms with E-state index in [1.54, 1.807) is 0 Å². The third-order valence-corrected chi connectivity index (χ3v) is 4.55. The van der Waals surface area contributed by atoms with Gasteiger partial charge < -0.3 is 10.5 Å². The lowest BCUT2D eigenvalue weighted by molar-refractivity contribution is 0.306. The number of rotatable bonds is 4. The van der Waals surface area contributed by atoms with Crippen molar-refractivity contribution in [2.75, 3.05) is 5.73 Å². The van der Waals surface area contributed by atoms with Crippen LogP contribution in [0.1, 0.15) is 31.9 Å². The van der Waals surface area contributed by atoms with Gasteiger partial charge in [0.15, 0.2) is 5.13 Å². The number of benzene rings is 2. The minimum Gasteiger partial charge on any atom is -0.489 e. The third kappa shape index (κ3) is 3.95. The molecular formula is C20H22N2OS. The molecule has 3 nitrogen and oxygen atoms in total. The molecule has 0 fully saturated rings. The number of anilines is 1. The second-order valence-electron chi connectivity index (χ2n) is 6.83. The van der Waals surface area contributed by atoms with E-state index in [2.05, 4.69) is 50.0 Å². The van der Waals surface area contributed by atoms with Gasteiger partial charge in [0.1, 0.15) is 12.4 Å². The number of nitrogens with two attached hydrogens (primary N) is 1. The minimum atomic E-state index is 0.170. The quantitative estimate of drug-likeness (QED) is 0.705. The summed E-state index contributed by atoms with van der Waals surface area (Å²) in [4.78, 5) is 4.31. The summed E-state index contributed by atoms with van der Waals surface area (Å²) in [6.07, 6.45) is 0. The molecule has 0 amide bonds. The molecule has 0 aliphatic heterocycles. The molecule has 3 rings (SSSR count). The SMILES string of the molecule is CC(C)(C)c1ccc(COc2cccc(-c3csc(N)n3)c2)cc1. The summed E-state index contributed by atoms with van der Waals surface area (Å²) in [7, 11) is 0. The van der Waals surface area contributed by atoms with Crippen LogP contribution in [0.2, 0.25) is 0 Å². The highest BCUT2D eigenvalue weighted by atomic mass is 32.1. The van der Waals surface area contributed by atoms with Gasteiger partial charge in [0.2, 0.25) is 0 Å². The summed E-state index contributed by atoms with van der Waals surface area (Å²) in [6.45, 7) is 7.20. The Morgan fingerprint density at radius 3 is 2.46 bits per heavy atom. The first-order chi connectivity index (χ1) is 11.4. The fourth-order valence-corrected chi connectivity index (χ4v) is 3.01. The summed E-state index contributed by atoms with van der Waals surface area (Å²) in [5, 5.41) is 2.54. The van der Waals surface area contributed by atoms with Gasteiger partial charge in [-0.15, -0.1) is 11.3 Å². The van der Waals surface area contributed by atoms with E-state index in [0.717, 1.165) is 22.6 Å². The van der Waals surface area contributed by atoms with Crippen molar-refractivity contribution in [2.45, 2.75) is 32.8 Å². The molecule has 124 valence electrons. The van der Waals surface area contributed by atoms with Crippen LogP contribution in [0.5, 0.6) is 5.75 Å². The summed E-state index contributed by atoms with van der Waals surface area (Å²) < 4.78 is 5.93. The van der Waals surface area contributed by atoms with Crippen LogP contribution >= 0.6 is 11.3 Å². The Morgan fingerprint density at radius 1 is 1.08 bits per heavy atom. The highest BCUT2D eigenvalue weighted by Gasteiger charge is 2.12. The van der Waals surface area contributed by atoms with Gasteiger partial charge in [0.05, 0.1) is 5.69 Å². The molecule has 1 aromatic heterocycles. The lowest BCUT2D eigenvalue weighted by Crippen LogP contribution is -2.10. The Hall–Kier alpha value is -2.33. The Morgan fingerprint density at radius 2 is 1.83 bits per heavy atom. The molecule has 3 aromatic rings. The monoisotopic (exact) mass is 338 g/mol. The van der Waals surface area contributed by atoms with Crippen LogP contribution < -0.4 is 10.5 Å². The minimum absolute atomic E-state index is 0.170. The molecular weight excluding hydrogens is 316 g/mol. The van der Waals surface area contributed by atoms with Gasteiger partial charge >= 0.3 is 0 Å². The van der Waals surface area contributed by atoms with Gasteiger partial charge in [-0.25, -0.2) is 4.98 Å². The number of nitrogens with zero attached hydrogens (tertiary/aromatic N) is 1. The highest BCUT2D eigenvalue weighted by Crippen LogP contribution is 2.27. The van der Waals surface area contributed by atoms with Crippen molar-refractivity contribution in [3.63, 3.8) is 0 Å². The number of thiazole rings is 1. The first kappa shape index (κ1) is 16.5. The van der Waals surface area contributed by atoms with Gasteiger partial charge in [0, 0.05) is 10.9 Å². The van der Waals surface area contributed by atoms with Gasteiger partial charge in [-0.3, -0.25) is 0 Å². The highest BCUT2D eigenvalue weighted by molar-refractivity contribution is 7.13. The number of ether oxygens (including phenoxy) is 1. The van der Waals surface area contributed by atoms with Crippen molar-refractivity contribution in [1.82, 2.24) is 4.98 Å². The van der Waals surface area contributed by atoms with Crippen LogP contribution in [0.15, 0.2) is 53.9 Å². The molecule has 0 saturated heterocycles. The molecule has 4 heteroatoms. The van der Waals surface area contributed by atoms with Crippen molar-refractivity contribution < 1.29 is 4.74 Å². The van der Waals surface area contributed by atoms with E-state index in [-0.39, 0.29) is 5.41 Å². The second-order valence-corrected chi connectivity index (χ2v) is 7.72. The molecule has 1 heterocycles. The lowest BCUT2D eigenvalue weighted by Gasteiger charge is -2.19. The number of hydrogen-bond donors (Lipinski definition) is 1.